The van der Waals surface area contributed by atoms with Crippen LogP contribution in [0.4, 0.5) is 5.69 Å². The molecule has 1 spiro atoms. The molecule has 0 N–H and O–H groups in total. The maximum Gasteiger partial charge on any atom is 0.254 e. The molecule has 3 heterocycles. The molecule has 0 unspecified atom stereocenters. The molecule has 0 radical (unpaired) electrons. The highest BCUT2D eigenvalue weighted by Crippen LogP contribution is 2.42. The molecule has 0 saturated carbocycles. The molecule has 2 aliphatic rings. The van der Waals surface area contributed by atoms with Gasteiger partial charge in [-0.05, 0) is 37.3 Å². The molecule has 2 saturated heterocycles. The van der Waals surface area contributed by atoms with E-state index in [-0.39, 0.29) is 16.9 Å². The van der Waals surface area contributed by atoms with Crippen LogP contribution in [0, 0.1) is 5.41 Å². The summed E-state index contributed by atoms with van der Waals surface area (Å²) in [6.45, 7) is 5.96. The topological polar surface area (TPSA) is 54.8 Å². The van der Waals surface area contributed by atoms with Gasteiger partial charge in [0.25, 0.3) is 11.5 Å². The molecule has 4 rings (SSSR count). The molecule has 1 amide bonds. The number of hydrogen-bond donors (Lipinski definition) is 0. The Morgan fingerprint density at radius 2 is 1.81 bits per heavy atom. The van der Waals surface area contributed by atoms with Crippen molar-refractivity contribution in [1.29, 1.82) is 0 Å². The fourth-order valence-electron chi connectivity index (χ4n) is 3.93. The van der Waals surface area contributed by atoms with E-state index in [0.717, 1.165) is 31.9 Å². The molecule has 0 atom stereocenters. The molecule has 2 aliphatic heterocycles. The number of nitrogens with zero attached hydrogens (tertiary/aromatic N) is 3. The lowest BCUT2D eigenvalue weighted by molar-refractivity contribution is -0.0105. The van der Waals surface area contributed by atoms with Gasteiger partial charge >= 0.3 is 0 Å². The van der Waals surface area contributed by atoms with Gasteiger partial charge in [0.2, 0.25) is 0 Å². The molecule has 136 valence electrons. The fraction of sp³-hybridized carbons (Fsp3) is 0.400. The van der Waals surface area contributed by atoms with Gasteiger partial charge in [0.15, 0.2) is 0 Å². The number of benzene rings is 1. The van der Waals surface area contributed by atoms with Gasteiger partial charge in [-0.2, -0.15) is 0 Å². The summed E-state index contributed by atoms with van der Waals surface area (Å²) in [5.74, 6) is 0.813. The third kappa shape index (κ3) is 2.75. The summed E-state index contributed by atoms with van der Waals surface area (Å²) >= 11 is 0. The molecule has 26 heavy (non-hydrogen) atoms. The Bertz CT molecular complexity index is 874. The Balaban J connectivity index is 1.35. The van der Waals surface area contributed by atoms with Crippen molar-refractivity contribution in [3.05, 3.63) is 58.5 Å². The predicted molar refractivity (Wildman–Crippen MR) is 99.9 cm³/mol. The Kier molecular flexibility index (Phi) is 3.98. The van der Waals surface area contributed by atoms with Crippen LogP contribution in [0.15, 0.2) is 47.4 Å². The minimum Gasteiger partial charge on any atom is -0.497 e. The van der Waals surface area contributed by atoms with Crippen LogP contribution in [0.1, 0.15) is 17.3 Å². The Labute approximate surface area is 152 Å². The summed E-state index contributed by atoms with van der Waals surface area (Å²) < 4.78 is 6.78. The summed E-state index contributed by atoms with van der Waals surface area (Å²) in [6.07, 6.45) is 1.69. The third-order valence-corrected chi connectivity index (χ3v) is 5.41. The molecule has 1 aromatic heterocycles. The van der Waals surface area contributed by atoms with Gasteiger partial charge < -0.3 is 19.1 Å². The summed E-state index contributed by atoms with van der Waals surface area (Å²) in [7, 11) is 1.66. The molecule has 6 nitrogen and oxygen atoms in total. The average molecular weight is 353 g/mol. The van der Waals surface area contributed by atoms with Gasteiger partial charge in [0.05, 0.1) is 7.11 Å². The Morgan fingerprint density at radius 1 is 1.12 bits per heavy atom. The normalized spacial score (nSPS) is 17.6. The lowest BCUT2D eigenvalue weighted by Crippen LogP contribution is -2.73. The lowest BCUT2D eigenvalue weighted by atomic mass is 9.72. The zero-order chi connectivity index (χ0) is 18.3. The van der Waals surface area contributed by atoms with Crippen LogP contribution in [0.2, 0.25) is 0 Å². The van der Waals surface area contributed by atoms with Gasteiger partial charge in [-0.3, -0.25) is 9.59 Å². The van der Waals surface area contributed by atoms with Crippen LogP contribution in [-0.2, 0) is 6.54 Å². The number of anilines is 1. The molecule has 6 heteroatoms. The van der Waals surface area contributed by atoms with E-state index >= 15 is 0 Å². The Morgan fingerprint density at radius 3 is 2.38 bits per heavy atom. The number of likely N-dealkylation sites (tertiary alicyclic amines) is 1. The summed E-state index contributed by atoms with van der Waals surface area (Å²) in [6, 6.07) is 11.3. The minimum absolute atomic E-state index is 0.0427. The summed E-state index contributed by atoms with van der Waals surface area (Å²) in [4.78, 5) is 28.7. The number of methoxy groups -OCH3 is 1. The largest absolute Gasteiger partial charge is 0.497 e. The van der Waals surface area contributed by atoms with Crippen LogP contribution in [0.25, 0.3) is 0 Å². The first-order valence-corrected chi connectivity index (χ1v) is 8.92. The second-order valence-corrected chi connectivity index (χ2v) is 7.25. The maximum atomic E-state index is 12.6. The van der Waals surface area contributed by atoms with Crippen molar-refractivity contribution in [1.82, 2.24) is 9.47 Å². The van der Waals surface area contributed by atoms with Crippen LogP contribution >= 0.6 is 0 Å². The molecular weight excluding hydrogens is 330 g/mol. The molecule has 1 aromatic carbocycles. The van der Waals surface area contributed by atoms with Crippen LogP contribution in [-0.4, -0.2) is 48.7 Å². The monoisotopic (exact) mass is 353 g/mol. The number of rotatable bonds is 4. The third-order valence-electron chi connectivity index (χ3n) is 5.41. The smallest absolute Gasteiger partial charge is 0.254 e. The van der Waals surface area contributed by atoms with Gasteiger partial charge in [-0.15, -0.1) is 0 Å². The van der Waals surface area contributed by atoms with Crippen molar-refractivity contribution in [2.24, 2.45) is 5.41 Å². The first-order chi connectivity index (χ1) is 12.5. The van der Waals surface area contributed by atoms with E-state index in [4.69, 9.17) is 4.74 Å². The van der Waals surface area contributed by atoms with E-state index in [9.17, 15) is 9.59 Å². The molecule has 0 bridgehead atoms. The molecule has 2 fully saturated rings. The van der Waals surface area contributed by atoms with E-state index in [0.29, 0.717) is 12.1 Å². The molecular formula is C20H23N3O3. The van der Waals surface area contributed by atoms with Crippen molar-refractivity contribution < 1.29 is 9.53 Å². The summed E-state index contributed by atoms with van der Waals surface area (Å²) in [5.41, 5.74) is 1.75. The van der Waals surface area contributed by atoms with Crippen molar-refractivity contribution in [3.8, 4) is 5.75 Å². The quantitative estimate of drug-likeness (QED) is 0.842. The standard InChI is InChI=1S/C20H23N3O3/c1-3-21-9-8-15(10-18(21)24)19(25)23-13-20(14-23)11-22(12-20)16-4-6-17(26-2)7-5-16/h4-10H,3,11-14H2,1-2H3. The minimum atomic E-state index is -0.122. The first kappa shape index (κ1) is 16.7. The highest BCUT2D eigenvalue weighted by molar-refractivity contribution is 5.94. The van der Waals surface area contributed by atoms with Crippen molar-refractivity contribution in [3.63, 3.8) is 0 Å². The highest BCUT2D eigenvalue weighted by Gasteiger charge is 2.53. The van der Waals surface area contributed by atoms with E-state index < -0.39 is 0 Å². The van der Waals surface area contributed by atoms with Crippen molar-refractivity contribution in [2.75, 3.05) is 38.2 Å². The number of amides is 1. The zero-order valence-electron chi connectivity index (χ0n) is 15.1. The highest BCUT2D eigenvalue weighted by atomic mass is 16.5. The number of carbonyl (C=O) groups excluding carboxylic acids is 1. The first-order valence-electron chi connectivity index (χ1n) is 8.92. The van der Waals surface area contributed by atoms with Crippen LogP contribution in [0.5, 0.6) is 5.75 Å². The second kappa shape index (κ2) is 6.20. The number of carbonyl (C=O) groups is 1. The number of ether oxygens (including phenoxy) is 1. The fourth-order valence-corrected chi connectivity index (χ4v) is 3.93. The molecule has 2 aromatic rings. The maximum absolute atomic E-state index is 12.6. The van der Waals surface area contributed by atoms with E-state index in [1.54, 1.807) is 23.9 Å². The Hall–Kier alpha value is -2.76. The van der Waals surface area contributed by atoms with Crippen molar-refractivity contribution >= 4 is 11.6 Å². The second-order valence-electron chi connectivity index (χ2n) is 7.25. The zero-order valence-corrected chi connectivity index (χ0v) is 15.1. The van der Waals surface area contributed by atoms with Gasteiger partial charge in [0, 0.05) is 61.7 Å². The molecule has 0 aliphatic carbocycles. The van der Waals surface area contributed by atoms with Gasteiger partial charge in [-0.1, -0.05) is 0 Å². The number of hydrogen-bond acceptors (Lipinski definition) is 4. The predicted octanol–water partition coefficient (Wildman–Crippen LogP) is 1.84. The van der Waals surface area contributed by atoms with Gasteiger partial charge in [-0.25, -0.2) is 0 Å². The summed E-state index contributed by atoms with van der Waals surface area (Å²) in [5, 5.41) is 0. The number of aryl methyl sites for hydroxylation is 1. The lowest BCUT2D eigenvalue weighted by Gasteiger charge is -2.61. The SMILES string of the molecule is CCn1ccc(C(=O)N2CC3(C2)CN(c2ccc(OC)cc2)C3)cc1=O. The number of aromatic nitrogens is 1. The van der Waals surface area contributed by atoms with Crippen LogP contribution < -0.4 is 15.2 Å². The van der Waals surface area contributed by atoms with Crippen LogP contribution in [0.3, 0.4) is 0 Å². The van der Waals surface area contributed by atoms with E-state index in [1.807, 2.05) is 24.0 Å². The van der Waals surface area contributed by atoms with E-state index in [1.165, 1.54) is 11.8 Å². The average Bonchev–Trinajstić information content (AvgIpc) is 2.59. The van der Waals surface area contributed by atoms with Gasteiger partial charge in [0.1, 0.15) is 5.75 Å². The number of pyridine rings is 1. The van der Waals surface area contributed by atoms with E-state index in [2.05, 4.69) is 17.0 Å². The van der Waals surface area contributed by atoms with Crippen molar-refractivity contribution in [2.45, 2.75) is 13.5 Å².